The van der Waals surface area contributed by atoms with Gasteiger partial charge in [-0.3, -0.25) is 19.5 Å². The summed E-state index contributed by atoms with van der Waals surface area (Å²) in [4.78, 5) is 32.1. The van der Waals surface area contributed by atoms with Gasteiger partial charge in [0, 0.05) is 18.1 Å². The second-order valence-electron chi connectivity index (χ2n) is 8.98. The minimum Gasteiger partial charge on any atom is -0.497 e. The van der Waals surface area contributed by atoms with Gasteiger partial charge in [-0.1, -0.05) is 45.0 Å². The van der Waals surface area contributed by atoms with E-state index in [0.29, 0.717) is 16.9 Å². The largest absolute Gasteiger partial charge is 0.497 e. The lowest BCUT2D eigenvalue weighted by molar-refractivity contribution is -0.137. The molecule has 168 valence electrons. The van der Waals surface area contributed by atoms with Crippen molar-refractivity contribution in [2.75, 3.05) is 12.4 Å². The maximum atomic E-state index is 13.4. The Morgan fingerprint density at radius 3 is 2.09 bits per heavy atom. The van der Waals surface area contributed by atoms with Crippen LogP contribution in [-0.4, -0.2) is 28.8 Å². The van der Waals surface area contributed by atoms with E-state index in [9.17, 15) is 9.59 Å². The van der Waals surface area contributed by atoms with Gasteiger partial charge in [-0.25, -0.2) is 0 Å². The lowest BCUT2D eigenvalue weighted by Crippen LogP contribution is -2.32. The molecule has 2 aromatic carbocycles. The standard InChI is InChI=1S/C27H27N3O3/c1-27(2,3)20-7-9-21(10-8-20)29-24-23(19-5-11-22(33-4)12-6-19)25(31)30(26(24)32)17-18-13-15-28-16-14-18/h5-16,29H,17H2,1-4H3. The maximum absolute atomic E-state index is 13.4. The van der Waals surface area contributed by atoms with Crippen LogP contribution in [0.2, 0.25) is 0 Å². The van der Waals surface area contributed by atoms with Gasteiger partial charge in [0.05, 0.1) is 19.2 Å². The molecule has 0 fully saturated rings. The second kappa shape index (κ2) is 8.90. The Labute approximate surface area is 193 Å². The first-order chi connectivity index (χ1) is 15.8. The summed E-state index contributed by atoms with van der Waals surface area (Å²) in [6.07, 6.45) is 3.29. The van der Waals surface area contributed by atoms with Gasteiger partial charge in [-0.2, -0.15) is 0 Å². The molecule has 0 radical (unpaired) electrons. The average molecular weight is 442 g/mol. The van der Waals surface area contributed by atoms with Crippen molar-refractivity contribution in [3.8, 4) is 5.75 Å². The monoisotopic (exact) mass is 441 g/mol. The molecule has 3 aromatic rings. The lowest BCUT2D eigenvalue weighted by Gasteiger charge is -2.19. The smallest absolute Gasteiger partial charge is 0.278 e. The van der Waals surface area contributed by atoms with Crippen LogP contribution in [0.1, 0.15) is 37.5 Å². The summed E-state index contributed by atoms with van der Waals surface area (Å²) in [6.45, 7) is 6.62. The van der Waals surface area contributed by atoms with E-state index in [2.05, 4.69) is 31.1 Å². The van der Waals surface area contributed by atoms with Gasteiger partial charge in [0.25, 0.3) is 11.8 Å². The number of nitrogens with one attached hydrogen (secondary N) is 1. The fraction of sp³-hybridized carbons (Fsp3) is 0.222. The van der Waals surface area contributed by atoms with Crippen LogP contribution < -0.4 is 10.1 Å². The highest BCUT2D eigenvalue weighted by atomic mass is 16.5. The van der Waals surface area contributed by atoms with E-state index in [1.807, 2.05) is 24.3 Å². The summed E-state index contributed by atoms with van der Waals surface area (Å²) in [5.41, 5.74) is 4.05. The summed E-state index contributed by atoms with van der Waals surface area (Å²) in [6, 6.07) is 18.7. The Bertz CT molecular complexity index is 1190. The number of pyridine rings is 1. The quantitative estimate of drug-likeness (QED) is 0.558. The minimum atomic E-state index is -0.359. The third-order valence-electron chi connectivity index (χ3n) is 5.66. The molecule has 2 amide bonds. The molecule has 2 heterocycles. The normalized spacial score (nSPS) is 14.1. The highest BCUT2D eigenvalue weighted by Gasteiger charge is 2.39. The number of carbonyl (C=O) groups excluding carboxylic acids is 2. The fourth-order valence-electron chi connectivity index (χ4n) is 3.73. The first-order valence-electron chi connectivity index (χ1n) is 10.8. The first kappa shape index (κ1) is 22.3. The molecule has 0 saturated heterocycles. The maximum Gasteiger partial charge on any atom is 0.278 e. The number of rotatable bonds is 6. The SMILES string of the molecule is COc1ccc(C2=C(Nc3ccc(C(C)(C)C)cc3)C(=O)N(Cc3ccncc3)C2=O)cc1. The van der Waals surface area contributed by atoms with Gasteiger partial charge in [-0.05, 0) is 58.5 Å². The fourth-order valence-corrected chi connectivity index (χ4v) is 3.73. The topological polar surface area (TPSA) is 71.5 Å². The molecule has 4 rings (SSSR count). The highest BCUT2D eigenvalue weighted by Crippen LogP contribution is 2.33. The Kier molecular flexibility index (Phi) is 6.01. The van der Waals surface area contributed by atoms with Crippen LogP contribution in [0, 0.1) is 0 Å². The van der Waals surface area contributed by atoms with Crippen LogP contribution in [0.3, 0.4) is 0 Å². The molecule has 6 heteroatoms. The summed E-state index contributed by atoms with van der Waals surface area (Å²) < 4.78 is 5.24. The first-order valence-corrected chi connectivity index (χ1v) is 10.8. The number of imide groups is 1. The Morgan fingerprint density at radius 1 is 0.879 bits per heavy atom. The summed E-state index contributed by atoms with van der Waals surface area (Å²) in [7, 11) is 1.59. The molecule has 0 bridgehead atoms. The third-order valence-corrected chi connectivity index (χ3v) is 5.66. The Hall–Kier alpha value is -3.93. The van der Waals surface area contributed by atoms with Crippen molar-refractivity contribution in [1.29, 1.82) is 0 Å². The van der Waals surface area contributed by atoms with Crippen molar-refractivity contribution in [2.24, 2.45) is 0 Å². The zero-order valence-electron chi connectivity index (χ0n) is 19.3. The molecule has 0 spiro atoms. The molecule has 0 atom stereocenters. The summed E-state index contributed by atoms with van der Waals surface area (Å²) in [5.74, 6) is -0.0182. The Morgan fingerprint density at radius 2 is 1.52 bits per heavy atom. The van der Waals surface area contributed by atoms with Gasteiger partial charge in [0.15, 0.2) is 0 Å². The molecule has 1 aliphatic heterocycles. The molecular formula is C27H27N3O3. The van der Waals surface area contributed by atoms with Gasteiger partial charge < -0.3 is 10.1 Å². The van der Waals surface area contributed by atoms with Crippen molar-refractivity contribution in [1.82, 2.24) is 9.88 Å². The number of carbonyl (C=O) groups is 2. The van der Waals surface area contributed by atoms with Crippen LogP contribution in [-0.2, 0) is 21.5 Å². The number of anilines is 1. The van der Waals surface area contributed by atoms with Crippen LogP contribution in [0.25, 0.3) is 5.57 Å². The number of aromatic nitrogens is 1. The third kappa shape index (κ3) is 4.65. The van der Waals surface area contributed by atoms with Crippen molar-refractivity contribution >= 4 is 23.1 Å². The summed E-state index contributed by atoms with van der Waals surface area (Å²) >= 11 is 0. The van der Waals surface area contributed by atoms with E-state index in [1.165, 1.54) is 10.5 Å². The highest BCUT2D eigenvalue weighted by molar-refractivity contribution is 6.36. The predicted molar refractivity (Wildman–Crippen MR) is 128 cm³/mol. The molecule has 1 N–H and O–H groups in total. The van der Waals surface area contributed by atoms with Gasteiger partial charge in [0.1, 0.15) is 11.4 Å². The van der Waals surface area contributed by atoms with E-state index in [0.717, 1.165) is 11.3 Å². The molecule has 0 unspecified atom stereocenters. The van der Waals surface area contributed by atoms with E-state index in [1.54, 1.807) is 55.9 Å². The number of nitrogens with zero attached hydrogens (tertiary/aromatic N) is 2. The summed E-state index contributed by atoms with van der Waals surface area (Å²) in [5, 5.41) is 3.22. The zero-order valence-corrected chi connectivity index (χ0v) is 19.3. The van der Waals surface area contributed by atoms with Crippen molar-refractivity contribution < 1.29 is 14.3 Å². The van der Waals surface area contributed by atoms with Crippen molar-refractivity contribution in [3.63, 3.8) is 0 Å². The number of hydrogen-bond donors (Lipinski definition) is 1. The van der Waals surface area contributed by atoms with Gasteiger partial charge in [0.2, 0.25) is 0 Å². The van der Waals surface area contributed by atoms with Crippen LogP contribution in [0.4, 0.5) is 5.69 Å². The van der Waals surface area contributed by atoms with E-state index in [4.69, 9.17) is 4.74 Å². The average Bonchev–Trinajstić information content (AvgIpc) is 3.04. The molecule has 0 saturated carbocycles. The van der Waals surface area contributed by atoms with Gasteiger partial charge in [-0.15, -0.1) is 0 Å². The minimum absolute atomic E-state index is 0.0204. The lowest BCUT2D eigenvalue weighted by atomic mass is 9.87. The number of amides is 2. The number of ether oxygens (including phenoxy) is 1. The molecule has 33 heavy (non-hydrogen) atoms. The van der Waals surface area contributed by atoms with Crippen LogP contribution in [0.15, 0.2) is 78.8 Å². The van der Waals surface area contributed by atoms with E-state index >= 15 is 0 Å². The van der Waals surface area contributed by atoms with Crippen molar-refractivity contribution in [3.05, 3.63) is 95.4 Å². The zero-order chi connectivity index (χ0) is 23.6. The number of hydrogen-bond acceptors (Lipinski definition) is 5. The molecule has 1 aliphatic rings. The van der Waals surface area contributed by atoms with E-state index in [-0.39, 0.29) is 29.5 Å². The number of benzene rings is 2. The second-order valence-corrected chi connectivity index (χ2v) is 8.98. The Balaban J connectivity index is 1.71. The molecule has 1 aromatic heterocycles. The predicted octanol–water partition coefficient (Wildman–Crippen LogP) is 4.78. The molecular weight excluding hydrogens is 414 g/mol. The van der Waals surface area contributed by atoms with E-state index < -0.39 is 0 Å². The van der Waals surface area contributed by atoms with Crippen LogP contribution in [0.5, 0.6) is 5.75 Å². The molecule has 6 nitrogen and oxygen atoms in total. The number of methoxy groups -OCH3 is 1. The van der Waals surface area contributed by atoms with Gasteiger partial charge >= 0.3 is 0 Å². The molecule has 0 aliphatic carbocycles. The van der Waals surface area contributed by atoms with Crippen molar-refractivity contribution in [2.45, 2.75) is 32.7 Å². The van der Waals surface area contributed by atoms with Crippen LogP contribution >= 0.6 is 0 Å².